The number of hydrogen-bond acceptors (Lipinski definition) is 9. The smallest absolute Gasteiger partial charge is 0.308 e. The molecule has 10 nitrogen and oxygen atoms in total. The van der Waals surface area contributed by atoms with Crippen molar-refractivity contribution in [3.05, 3.63) is 82.9 Å². The first kappa shape index (κ1) is 39.3. The van der Waals surface area contributed by atoms with Gasteiger partial charge in [-0.05, 0) is 76.6 Å². The lowest BCUT2D eigenvalue weighted by atomic mass is 9.55. The molecule has 2 fully saturated rings. The normalized spacial score (nSPS) is 29.0. The molecule has 2 aromatic carbocycles. The van der Waals surface area contributed by atoms with Crippen LogP contribution in [0.2, 0.25) is 0 Å². The third-order valence-electron chi connectivity index (χ3n) is 11.5. The van der Waals surface area contributed by atoms with Crippen LogP contribution in [0.15, 0.2) is 66.2 Å². The Morgan fingerprint density at radius 2 is 1.71 bits per heavy atom. The van der Waals surface area contributed by atoms with Gasteiger partial charge in [0.25, 0.3) is 5.91 Å². The van der Waals surface area contributed by atoms with E-state index in [0.717, 1.165) is 16.7 Å². The number of carbonyl (C=O) groups excluding carboxylic acids is 4. The first-order valence-electron chi connectivity index (χ1n) is 18.6. The van der Waals surface area contributed by atoms with Crippen LogP contribution in [0.4, 0.5) is 0 Å². The highest BCUT2D eigenvalue weighted by molar-refractivity contribution is 5.94. The summed E-state index contributed by atoms with van der Waals surface area (Å²) in [4.78, 5) is 52.6. The maximum absolute atomic E-state index is 13.9. The molecule has 10 heteroatoms. The molecule has 5 rings (SSSR count). The van der Waals surface area contributed by atoms with Gasteiger partial charge in [0, 0.05) is 48.8 Å². The van der Waals surface area contributed by atoms with Crippen molar-refractivity contribution in [3.63, 3.8) is 0 Å². The molecule has 1 heterocycles. The Hall–Kier alpha value is -3.86. The number of benzene rings is 2. The summed E-state index contributed by atoms with van der Waals surface area (Å²) in [5.74, 6) is -2.48. The average Bonchev–Trinajstić information content (AvgIpc) is 3.06. The maximum Gasteiger partial charge on any atom is 0.308 e. The molecule has 3 aliphatic rings. The van der Waals surface area contributed by atoms with Crippen LogP contribution in [0.3, 0.4) is 0 Å². The topological polar surface area (TPSA) is 137 Å². The van der Waals surface area contributed by atoms with Crippen molar-refractivity contribution >= 4 is 23.6 Å². The molecule has 52 heavy (non-hydrogen) atoms. The van der Waals surface area contributed by atoms with Crippen molar-refractivity contribution < 1.29 is 43.2 Å². The van der Waals surface area contributed by atoms with E-state index in [1.165, 1.54) is 6.92 Å². The van der Waals surface area contributed by atoms with Crippen molar-refractivity contribution in [1.82, 2.24) is 5.32 Å². The fourth-order valence-corrected chi connectivity index (χ4v) is 8.51. The Labute approximate surface area is 307 Å². The number of rotatable bonds is 14. The fraction of sp³-hybridized carbons (Fsp3) is 0.571. The Kier molecular flexibility index (Phi) is 12.1. The summed E-state index contributed by atoms with van der Waals surface area (Å²) in [7, 11) is 0. The van der Waals surface area contributed by atoms with Gasteiger partial charge in [0.15, 0.2) is 11.9 Å². The summed E-state index contributed by atoms with van der Waals surface area (Å²) in [6.07, 6.45) is 1.84. The lowest BCUT2D eigenvalue weighted by Gasteiger charge is -2.60. The van der Waals surface area contributed by atoms with Crippen molar-refractivity contribution in [2.45, 2.75) is 123 Å². The number of aliphatic hydroxyl groups is 1. The van der Waals surface area contributed by atoms with E-state index in [-0.39, 0.29) is 37.1 Å². The zero-order valence-corrected chi connectivity index (χ0v) is 31.6. The molecule has 0 aromatic heterocycles. The summed E-state index contributed by atoms with van der Waals surface area (Å²) < 4.78 is 23.9. The molecule has 0 spiro atoms. The van der Waals surface area contributed by atoms with Gasteiger partial charge in [0.2, 0.25) is 0 Å². The molecule has 2 aliphatic carbocycles. The van der Waals surface area contributed by atoms with Gasteiger partial charge in [0.1, 0.15) is 11.7 Å². The van der Waals surface area contributed by atoms with Crippen molar-refractivity contribution in [2.24, 2.45) is 17.3 Å². The van der Waals surface area contributed by atoms with Crippen LogP contribution >= 0.6 is 0 Å². The predicted molar refractivity (Wildman–Crippen MR) is 195 cm³/mol. The van der Waals surface area contributed by atoms with Crippen LogP contribution in [-0.4, -0.2) is 77.5 Å². The van der Waals surface area contributed by atoms with E-state index in [1.807, 2.05) is 83.2 Å². The number of ether oxygens (including phenoxy) is 4. The quantitative estimate of drug-likeness (QED) is 0.182. The average molecular weight is 718 g/mol. The summed E-state index contributed by atoms with van der Waals surface area (Å²) in [5.41, 5.74) is 0.383. The van der Waals surface area contributed by atoms with Crippen LogP contribution in [-0.2, 0) is 39.8 Å². The van der Waals surface area contributed by atoms with Crippen molar-refractivity contribution in [2.75, 3.05) is 13.2 Å². The van der Waals surface area contributed by atoms with Crippen LogP contribution in [0.25, 0.3) is 0 Å². The third-order valence-corrected chi connectivity index (χ3v) is 11.5. The fourth-order valence-electron chi connectivity index (χ4n) is 8.51. The van der Waals surface area contributed by atoms with Gasteiger partial charge in [-0.1, -0.05) is 68.0 Å². The Balaban J connectivity index is 1.36. The number of carbonyl (C=O) groups is 4. The highest BCUT2D eigenvalue weighted by Gasteiger charge is 2.64. The Morgan fingerprint density at radius 1 is 1.02 bits per heavy atom. The molecule has 2 aromatic rings. The molecule has 1 saturated carbocycles. The van der Waals surface area contributed by atoms with Crippen molar-refractivity contribution in [3.8, 4) is 0 Å². The lowest BCUT2D eigenvalue weighted by Crippen LogP contribution is -2.70. The molecule has 0 radical (unpaired) electrons. The van der Waals surface area contributed by atoms with Crippen LogP contribution < -0.4 is 5.32 Å². The molecule has 3 unspecified atom stereocenters. The minimum Gasteiger partial charge on any atom is -0.458 e. The van der Waals surface area contributed by atoms with Crippen molar-refractivity contribution in [1.29, 1.82) is 0 Å². The number of Topliss-reactive ketones (excluding diaryl/α,β-unsaturated/α-hetero) is 1. The number of fused-ring (bicyclic) bond motifs is 1. The first-order valence-corrected chi connectivity index (χ1v) is 18.6. The number of aryl methyl sites for hydroxylation is 1. The van der Waals surface area contributed by atoms with E-state index in [4.69, 9.17) is 18.9 Å². The van der Waals surface area contributed by atoms with E-state index >= 15 is 0 Å². The number of nitrogens with one attached hydrogen (secondary N) is 1. The molecule has 8 atom stereocenters. The zero-order chi connectivity index (χ0) is 37.8. The highest BCUT2D eigenvalue weighted by atomic mass is 16.6. The molecular formula is C42H55NO9. The summed E-state index contributed by atoms with van der Waals surface area (Å²) in [6, 6.07) is 16.4. The molecule has 1 amide bonds. The van der Waals surface area contributed by atoms with Gasteiger partial charge in [-0.15, -0.1) is 0 Å². The Bertz CT molecular complexity index is 1640. The van der Waals surface area contributed by atoms with Crippen LogP contribution in [0.1, 0.15) is 95.1 Å². The van der Waals surface area contributed by atoms with E-state index in [9.17, 15) is 24.3 Å². The SMILES string of the molecule is CCO[C@@]12CO[C@@H]1CCC(C(=O)[C@@H](C)OC(C)=O)C2C[C@]1(O)C[C@H](OC(=O)CC(Cc2ccccc2)NC(=O)c2ccc(C)cc2)C(C)=CC1(C)C. The number of amides is 1. The Morgan fingerprint density at radius 3 is 2.33 bits per heavy atom. The minimum absolute atomic E-state index is 0.0716. The van der Waals surface area contributed by atoms with E-state index in [2.05, 4.69) is 5.32 Å². The van der Waals surface area contributed by atoms with E-state index in [1.54, 1.807) is 19.1 Å². The molecule has 0 bridgehead atoms. The predicted octanol–water partition coefficient (Wildman–Crippen LogP) is 5.86. The minimum atomic E-state index is -1.41. The van der Waals surface area contributed by atoms with Gasteiger partial charge < -0.3 is 29.4 Å². The van der Waals surface area contributed by atoms with E-state index in [0.29, 0.717) is 38.0 Å². The van der Waals surface area contributed by atoms with Gasteiger partial charge >= 0.3 is 11.9 Å². The lowest BCUT2D eigenvalue weighted by molar-refractivity contribution is -0.312. The highest BCUT2D eigenvalue weighted by Crippen LogP contribution is 2.55. The second kappa shape index (κ2) is 16.0. The third kappa shape index (κ3) is 8.50. The van der Waals surface area contributed by atoms with Gasteiger partial charge in [-0.2, -0.15) is 0 Å². The summed E-state index contributed by atoms with van der Waals surface area (Å²) >= 11 is 0. The summed E-state index contributed by atoms with van der Waals surface area (Å²) in [5, 5.41) is 15.7. The zero-order valence-electron chi connectivity index (χ0n) is 31.6. The number of esters is 2. The maximum atomic E-state index is 13.9. The van der Waals surface area contributed by atoms with Crippen LogP contribution in [0.5, 0.6) is 0 Å². The summed E-state index contributed by atoms with van der Waals surface area (Å²) in [6.45, 7) is 13.2. The second-order valence-electron chi connectivity index (χ2n) is 15.6. The van der Waals surface area contributed by atoms with Gasteiger partial charge in [0.05, 0.1) is 24.7 Å². The largest absolute Gasteiger partial charge is 0.458 e. The molecular weight excluding hydrogens is 662 g/mol. The molecule has 1 aliphatic heterocycles. The molecule has 2 N–H and O–H groups in total. The molecule has 282 valence electrons. The monoisotopic (exact) mass is 717 g/mol. The standard InChI is InChI=1S/C42H55NO9/c1-8-50-42-25-49-36(42)19-18-33(38(46)28(4)51-29(5)44)34(42)23-41(48)24-35(27(3)22-40(41,6)7)52-37(45)21-32(20-30-12-10-9-11-13-30)43-39(47)31-16-14-26(2)15-17-31/h9-17,22,28,32-36,48H,8,18-21,23-25H2,1-7H3,(H,43,47)/t28-,32?,33?,34?,35+,36-,41+,42-/m1/s1. The van der Waals surface area contributed by atoms with Gasteiger partial charge in [-0.25, -0.2) is 0 Å². The number of hydrogen-bond donors (Lipinski definition) is 2. The van der Waals surface area contributed by atoms with E-state index < -0.39 is 58.6 Å². The first-order chi connectivity index (χ1) is 24.6. The molecule has 1 saturated heterocycles. The van der Waals surface area contributed by atoms with Crippen LogP contribution in [0, 0.1) is 24.2 Å². The number of ketones is 1. The van der Waals surface area contributed by atoms with Gasteiger partial charge in [-0.3, -0.25) is 19.2 Å². The second-order valence-corrected chi connectivity index (χ2v) is 15.6.